The number of hydrogen-bond donors (Lipinski definition) is 0. The molecule has 20 heteroatoms. The largest absolute Gasteiger partial charge is 1.00 e. The summed E-state index contributed by atoms with van der Waals surface area (Å²) in [5, 5.41) is 8.46. The van der Waals surface area contributed by atoms with Gasteiger partial charge in [0.25, 0.3) is 0 Å². The summed E-state index contributed by atoms with van der Waals surface area (Å²) in [4.78, 5) is 6.87. The van der Waals surface area contributed by atoms with Gasteiger partial charge in [0.2, 0.25) is 6.19 Å². The zero-order valence-corrected chi connectivity index (χ0v) is 27.9. The SMILES string of the molecule is C.CN=S1(=O)CCC(c2ccc(C(F)(F)F)nc2)C1.N#CN=S1CCC(c2ccc(C(F)(F)F)nc2)C1.[Na+].[O-][I+3]([O-])([O-])[O-]. The number of pyridine rings is 2. The molecule has 4 atom stereocenters. The van der Waals surface area contributed by atoms with Gasteiger partial charge >= 0.3 is 41.9 Å². The van der Waals surface area contributed by atoms with E-state index in [1.165, 1.54) is 31.6 Å². The topological polar surface area (TPSA) is 184 Å². The monoisotopic (exact) mass is 781 g/mol. The quantitative estimate of drug-likeness (QED) is 0.126. The Bertz CT molecular complexity index is 1360. The van der Waals surface area contributed by atoms with Crippen molar-refractivity contribution in [2.24, 2.45) is 8.73 Å². The Kier molecular flexibility index (Phi) is 17.3. The zero-order chi connectivity index (χ0) is 31.1. The molecule has 10 nitrogen and oxygen atoms in total. The molecule has 4 rings (SSSR count). The third-order valence-electron chi connectivity index (χ3n) is 5.94. The summed E-state index contributed by atoms with van der Waals surface area (Å²) in [5.41, 5.74) is -0.266. The third kappa shape index (κ3) is 14.8. The normalized spacial score (nSPS) is 23.3. The number of halogens is 7. The summed E-state index contributed by atoms with van der Waals surface area (Å²) in [5.74, 6) is 2.65. The molecule has 2 aromatic rings. The first kappa shape index (κ1) is 42.0. The van der Waals surface area contributed by atoms with Gasteiger partial charge in [-0.25, -0.2) is 8.57 Å². The van der Waals surface area contributed by atoms with Crippen LogP contribution in [0.2, 0.25) is 0 Å². The van der Waals surface area contributed by atoms with E-state index in [2.05, 4.69) is 18.7 Å². The molecule has 2 aliphatic rings. The zero-order valence-electron chi connectivity index (χ0n) is 22.1. The van der Waals surface area contributed by atoms with Crippen LogP contribution in [0.15, 0.2) is 45.4 Å². The fourth-order valence-corrected chi connectivity index (χ4v) is 7.91. The smallest absolute Gasteiger partial charge is 0.286 e. The van der Waals surface area contributed by atoms with Gasteiger partial charge in [0.15, 0.2) is 0 Å². The van der Waals surface area contributed by atoms with Crippen LogP contribution in [0.1, 0.15) is 54.6 Å². The molecule has 0 amide bonds. The van der Waals surface area contributed by atoms with E-state index in [9.17, 15) is 30.6 Å². The summed E-state index contributed by atoms with van der Waals surface area (Å²) in [6.07, 6.45) is -2.98. The van der Waals surface area contributed by atoms with Crippen molar-refractivity contribution < 1.29 is 93.9 Å². The molecular formula is C23H27F6IN5NaO5S2. The molecule has 43 heavy (non-hydrogen) atoms. The van der Waals surface area contributed by atoms with Crippen molar-refractivity contribution in [3.05, 3.63) is 59.2 Å². The van der Waals surface area contributed by atoms with Crippen LogP contribution in [-0.4, -0.2) is 44.2 Å². The van der Waals surface area contributed by atoms with Gasteiger partial charge in [0.1, 0.15) is 31.5 Å². The van der Waals surface area contributed by atoms with Crippen molar-refractivity contribution in [3.63, 3.8) is 0 Å². The second kappa shape index (κ2) is 17.7. The van der Waals surface area contributed by atoms with Crippen LogP contribution in [0.25, 0.3) is 0 Å². The first-order valence-corrected chi connectivity index (χ1v) is 18.3. The standard InChI is InChI=1S/C11H10F3N3S.C11H13F3N2OS.CH4.IO4.Na/c12-11(13,14)10-2-1-8(5-16-10)9-3-4-18(6-9)17-7-15;1-15-18(17)5-4-9(7-18)8-2-3-10(16-6-8)11(12,13)14;;2-1(3,4)5;/h1-2,5,9H,3-4,6H2;2-3,6,9H,4-5,7H2,1H3;1H4;;/q;;;-1;+1. The number of hydrogen-bond acceptors (Lipinski definition) is 10. The molecule has 0 bridgehead atoms. The number of nitriles is 1. The summed E-state index contributed by atoms with van der Waals surface area (Å²) < 4.78 is 128. The van der Waals surface area contributed by atoms with E-state index in [-0.39, 0.29) is 59.5 Å². The minimum absolute atomic E-state index is 0. The van der Waals surface area contributed by atoms with Gasteiger partial charge in [-0.15, -0.1) is 0 Å². The number of nitrogens with zero attached hydrogens (tertiary/aromatic N) is 5. The summed E-state index contributed by atoms with van der Waals surface area (Å²) >= 11 is -5.94. The van der Waals surface area contributed by atoms with Crippen LogP contribution in [0.4, 0.5) is 26.3 Å². The van der Waals surface area contributed by atoms with Crippen LogP contribution in [0.5, 0.6) is 0 Å². The Morgan fingerprint density at radius 2 is 1.42 bits per heavy atom. The fraction of sp³-hybridized carbons (Fsp3) is 0.522. The van der Waals surface area contributed by atoms with E-state index >= 15 is 0 Å². The maximum Gasteiger partial charge on any atom is 1.00 e. The van der Waals surface area contributed by atoms with Gasteiger partial charge in [-0.2, -0.15) is 36.0 Å². The van der Waals surface area contributed by atoms with Crippen molar-refractivity contribution in [3.8, 4) is 6.19 Å². The number of aromatic nitrogens is 2. The molecule has 0 aliphatic carbocycles. The minimum atomic E-state index is -5.94. The Morgan fingerprint density at radius 1 is 0.953 bits per heavy atom. The summed E-state index contributed by atoms with van der Waals surface area (Å²) in [6, 6.07) is 4.87. The van der Waals surface area contributed by atoms with Crippen LogP contribution in [-0.2, 0) is 32.8 Å². The minimum Gasteiger partial charge on any atom is -0.286 e. The average molecular weight is 782 g/mol. The molecule has 2 aromatic heterocycles. The molecule has 0 N–H and O–H groups in total. The van der Waals surface area contributed by atoms with E-state index in [0.717, 1.165) is 35.6 Å². The molecule has 0 spiro atoms. The second-order valence-corrected chi connectivity index (χ2v) is 15.3. The maximum absolute atomic E-state index is 12.4. The van der Waals surface area contributed by atoms with Crippen LogP contribution in [0.3, 0.4) is 0 Å². The molecule has 4 unspecified atom stereocenters. The molecule has 2 saturated heterocycles. The van der Waals surface area contributed by atoms with Gasteiger partial charge in [-0.05, 0) is 47.9 Å². The Balaban J connectivity index is 0.000000683. The van der Waals surface area contributed by atoms with E-state index in [1.807, 2.05) is 0 Å². The van der Waals surface area contributed by atoms with Crippen molar-refractivity contribution in [1.29, 1.82) is 5.26 Å². The first-order chi connectivity index (χ1) is 18.8. The summed E-state index contributed by atoms with van der Waals surface area (Å²) in [6.45, 7) is 0. The Labute approximate surface area is 276 Å². The molecule has 2 fully saturated rings. The molecule has 236 valence electrons. The van der Waals surface area contributed by atoms with Crippen molar-refractivity contribution >= 4 is 20.4 Å². The molecule has 0 radical (unpaired) electrons. The predicted octanol–water partition coefficient (Wildman–Crippen LogP) is -4.56. The van der Waals surface area contributed by atoms with E-state index in [1.54, 1.807) is 6.19 Å². The van der Waals surface area contributed by atoms with Gasteiger partial charge in [-0.3, -0.25) is 23.7 Å². The van der Waals surface area contributed by atoms with Crippen molar-refractivity contribution in [2.75, 3.05) is 30.1 Å². The van der Waals surface area contributed by atoms with Crippen LogP contribution < -0.4 is 63.4 Å². The van der Waals surface area contributed by atoms with Crippen molar-refractivity contribution in [2.45, 2.75) is 44.5 Å². The van der Waals surface area contributed by atoms with Gasteiger partial charge in [0.05, 0.1) is 0 Å². The molecule has 0 saturated carbocycles. The van der Waals surface area contributed by atoms with Gasteiger partial charge in [-0.1, -0.05) is 30.3 Å². The number of rotatable bonds is 2. The molecular weight excluding hydrogens is 754 g/mol. The number of alkyl halides is 6. The van der Waals surface area contributed by atoms with E-state index < -0.39 is 53.6 Å². The van der Waals surface area contributed by atoms with Gasteiger partial charge < -0.3 is 0 Å². The molecule has 4 heterocycles. The van der Waals surface area contributed by atoms with E-state index in [4.69, 9.17) is 19.0 Å². The van der Waals surface area contributed by atoms with E-state index in [0.29, 0.717) is 23.5 Å². The van der Waals surface area contributed by atoms with Crippen molar-refractivity contribution in [1.82, 2.24) is 9.97 Å². The molecule has 2 aliphatic heterocycles. The Morgan fingerprint density at radius 3 is 1.77 bits per heavy atom. The average Bonchev–Trinajstić information content (AvgIpc) is 3.50. The summed E-state index contributed by atoms with van der Waals surface area (Å²) in [7, 11) is -0.895. The van der Waals surface area contributed by atoms with Gasteiger partial charge in [0, 0.05) is 52.2 Å². The third-order valence-corrected chi connectivity index (χ3v) is 10.2. The first-order valence-electron chi connectivity index (χ1n) is 11.4. The van der Waals surface area contributed by atoms with Crippen LogP contribution in [0, 0.1) is 11.5 Å². The predicted molar refractivity (Wildman–Crippen MR) is 131 cm³/mol. The Hall–Kier alpha value is -0.960. The van der Waals surface area contributed by atoms with Crippen LogP contribution >= 0.6 is 0 Å². The molecule has 0 aromatic carbocycles. The second-order valence-electron chi connectivity index (χ2n) is 8.65. The maximum atomic E-state index is 12.4. The fourth-order valence-electron chi connectivity index (χ4n) is 3.95.